The van der Waals surface area contributed by atoms with Crippen LogP contribution in [0.3, 0.4) is 0 Å². The van der Waals surface area contributed by atoms with E-state index in [0.717, 1.165) is 25.7 Å². The number of carbonyl (C=O) groups is 2. The lowest BCUT2D eigenvalue weighted by molar-refractivity contribution is -0.139. The molecule has 180 valence electrons. The Kier molecular flexibility index (Phi) is 11.7. The van der Waals surface area contributed by atoms with Crippen molar-refractivity contribution in [2.45, 2.75) is 64.5 Å². The Hall–Kier alpha value is -1.99. The van der Waals surface area contributed by atoms with Crippen LogP contribution >= 0.6 is 11.6 Å². The molecule has 2 amide bonds. The lowest BCUT2D eigenvalue weighted by atomic mass is 9.94. The highest BCUT2D eigenvalue weighted by Crippen LogP contribution is 2.33. The summed E-state index contributed by atoms with van der Waals surface area (Å²) in [6.45, 7) is 5.79. The number of alkyl halides is 1. The average molecular weight is 469 g/mol. The summed E-state index contributed by atoms with van der Waals surface area (Å²) in [5, 5.41) is 3.18. The van der Waals surface area contributed by atoms with E-state index in [1.54, 1.807) is 24.1 Å². The van der Waals surface area contributed by atoms with Crippen molar-refractivity contribution >= 4 is 23.4 Å². The number of methoxy groups -OCH3 is 1. The molecular formula is C24H37ClN2O5. The Morgan fingerprint density at radius 3 is 2.53 bits per heavy atom. The van der Waals surface area contributed by atoms with Crippen molar-refractivity contribution in [2.24, 2.45) is 0 Å². The molecule has 32 heavy (non-hydrogen) atoms. The molecule has 2 rings (SSSR count). The van der Waals surface area contributed by atoms with Gasteiger partial charge in [0.25, 0.3) is 0 Å². The first-order chi connectivity index (χ1) is 15.5. The second-order valence-corrected chi connectivity index (χ2v) is 8.13. The number of ether oxygens (including phenoxy) is 3. The van der Waals surface area contributed by atoms with Crippen LogP contribution in [0.2, 0.25) is 0 Å². The van der Waals surface area contributed by atoms with Gasteiger partial charge in [-0.2, -0.15) is 0 Å². The van der Waals surface area contributed by atoms with Crippen molar-refractivity contribution in [3.8, 4) is 11.5 Å². The van der Waals surface area contributed by atoms with Crippen LogP contribution in [0.4, 0.5) is 0 Å². The number of amides is 2. The van der Waals surface area contributed by atoms with Gasteiger partial charge in [-0.25, -0.2) is 0 Å². The molecule has 0 saturated heterocycles. The normalized spacial score (nSPS) is 15.1. The number of rotatable bonds is 13. The van der Waals surface area contributed by atoms with E-state index in [1.807, 2.05) is 19.9 Å². The van der Waals surface area contributed by atoms with Crippen LogP contribution in [0, 0.1) is 0 Å². The lowest BCUT2D eigenvalue weighted by Gasteiger charge is -2.33. The fourth-order valence-electron chi connectivity index (χ4n) is 4.08. The number of nitrogens with one attached hydrogen (secondary N) is 1. The highest BCUT2D eigenvalue weighted by molar-refractivity contribution is 6.27. The predicted molar refractivity (Wildman–Crippen MR) is 125 cm³/mol. The second kappa shape index (κ2) is 14.2. The molecule has 1 unspecified atom stereocenters. The number of hydrogen-bond donors (Lipinski definition) is 1. The standard InChI is InChI=1S/C24H37ClN2O5/c1-4-31-15-9-14-27(22(28)17-25)23(24(29)26-19-10-7-6-8-11-19)18-12-13-20(32-5-2)21(16-18)30-3/h12-13,16,19,23H,4-11,14-15,17H2,1-3H3,(H,26,29). The van der Waals surface area contributed by atoms with Gasteiger partial charge in [0.1, 0.15) is 11.9 Å². The monoisotopic (exact) mass is 468 g/mol. The summed E-state index contributed by atoms with van der Waals surface area (Å²) >= 11 is 5.94. The fourth-order valence-corrected chi connectivity index (χ4v) is 4.24. The van der Waals surface area contributed by atoms with Gasteiger partial charge in [-0.05, 0) is 50.8 Å². The molecule has 1 aromatic rings. The minimum absolute atomic E-state index is 0.125. The Morgan fingerprint density at radius 2 is 1.91 bits per heavy atom. The SMILES string of the molecule is CCOCCCN(C(=O)CCl)C(C(=O)NC1CCCCC1)c1ccc(OCC)c(OC)c1. The Bertz CT molecular complexity index is 724. The molecule has 1 saturated carbocycles. The van der Waals surface area contributed by atoms with Gasteiger partial charge < -0.3 is 24.4 Å². The highest BCUT2D eigenvalue weighted by atomic mass is 35.5. The summed E-state index contributed by atoms with van der Waals surface area (Å²) in [5.41, 5.74) is 0.661. The summed E-state index contributed by atoms with van der Waals surface area (Å²) in [7, 11) is 1.56. The van der Waals surface area contributed by atoms with E-state index in [2.05, 4.69) is 5.32 Å². The third-order valence-electron chi connectivity index (χ3n) is 5.64. The van der Waals surface area contributed by atoms with Crippen LogP contribution in [0.5, 0.6) is 11.5 Å². The molecule has 0 heterocycles. The molecule has 1 aliphatic rings. The molecule has 1 aromatic carbocycles. The molecule has 0 radical (unpaired) electrons. The highest BCUT2D eigenvalue weighted by Gasteiger charge is 2.33. The van der Waals surface area contributed by atoms with Gasteiger partial charge in [0.05, 0.1) is 13.7 Å². The van der Waals surface area contributed by atoms with Gasteiger partial charge in [-0.1, -0.05) is 25.3 Å². The van der Waals surface area contributed by atoms with Gasteiger partial charge in [0.2, 0.25) is 11.8 Å². The minimum atomic E-state index is -0.811. The number of benzene rings is 1. The van der Waals surface area contributed by atoms with E-state index < -0.39 is 6.04 Å². The maximum atomic E-state index is 13.5. The van der Waals surface area contributed by atoms with Crippen LogP contribution in [0.15, 0.2) is 18.2 Å². The minimum Gasteiger partial charge on any atom is -0.493 e. The van der Waals surface area contributed by atoms with Crippen LogP contribution in [-0.4, -0.2) is 62.1 Å². The number of carbonyl (C=O) groups excluding carboxylic acids is 2. The Morgan fingerprint density at radius 1 is 1.16 bits per heavy atom. The molecular weight excluding hydrogens is 432 g/mol. The van der Waals surface area contributed by atoms with Crippen LogP contribution in [0.25, 0.3) is 0 Å². The fraction of sp³-hybridized carbons (Fsp3) is 0.667. The molecule has 0 aliphatic heterocycles. The third-order valence-corrected chi connectivity index (χ3v) is 5.87. The first-order valence-electron chi connectivity index (χ1n) is 11.6. The van der Waals surface area contributed by atoms with Gasteiger partial charge in [-0.3, -0.25) is 9.59 Å². The van der Waals surface area contributed by atoms with E-state index >= 15 is 0 Å². The van der Waals surface area contributed by atoms with Crippen molar-refractivity contribution in [3.63, 3.8) is 0 Å². The smallest absolute Gasteiger partial charge is 0.247 e. The molecule has 8 heteroatoms. The van der Waals surface area contributed by atoms with Gasteiger partial charge >= 0.3 is 0 Å². The van der Waals surface area contributed by atoms with Gasteiger partial charge in [-0.15, -0.1) is 11.6 Å². The van der Waals surface area contributed by atoms with Crippen LogP contribution in [0.1, 0.15) is 64.0 Å². The van der Waals surface area contributed by atoms with E-state index in [1.165, 1.54) is 6.42 Å². The predicted octanol–water partition coefficient (Wildman–Crippen LogP) is 4.08. The molecule has 0 aromatic heterocycles. The third kappa shape index (κ3) is 7.55. The van der Waals surface area contributed by atoms with E-state index in [-0.39, 0.29) is 23.7 Å². The zero-order valence-corrected chi connectivity index (χ0v) is 20.3. The van der Waals surface area contributed by atoms with Crippen LogP contribution < -0.4 is 14.8 Å². The lowest BCUT2D eigenvalue weighted by Crippen LogP contribution is -2.48. The summed E-state index contributed by atoms with van der Waals surface area (Å²) < 4.78 is 16.5. The van der Waals surface area contributed by atoms with Crippen molar-refractivity contribution in [2.75, 3.05) is 39.4 Å². The van der Waals surface area contributed by atoms with E-state index in [4.69, 9.17) is 25.8 Å². The van der Waals surface area contributed by atoms with Gasteiger partial charge in [0.15, 0.2) is 11.5 Å². The molecule has 1 N–H and O–H groups in total. The first-order valence-corrected chi connectivity index (χ1v) is 12.1. The number of halogens is 1. The largest absolute Gasteiger partial charge is 0.493 e. The maximum absolute atomic E-state index is 13.5. The molecule has 0 spiro atoms. The number of hydrogen-bond acceptors (Lipinski definition) is 5. The summed E-state index contributed by atoms with van der Waals surface area (Å²) in [4.78, 5) is 27.9. The van der Waals surface area contributed by atoms with Gasteiger partial charge in [0, 0.05) is 25.8 Å². The quantitative estimate of drug-likeness (QED) is 0.348. The summed E-state index contributed by atoms with van der Waals surface area (Å²) in [6.07, 6.45) is 5.92. The molecule has 1 atom stereocenters. The second-order valence-electron chi connectivity index (χ2n) is 7.86. The molecule has 7 nitrogen and oxygen atoms in total. The zero-order chi connectivity index (χ0) is 23.3. The Balaban J connectivity index is 2.37. The van der Waals surface area contributed by atoms with Crippen LogP contribution in [-0.2, 0) is 14.3 Å². The molecule has 0 bridgehead atoms. The topological polar surface area (TPSA) is 77.1 Å². The summed E-state index contributed by atoms with van der Waals surface area (Å²) in [6, 6.07) is 4.68. The van der Waals surface area contributed by atoms with Crippen molar-refractivity contribution < 1.29 is 23.8 Å². The van der Waals surface area contributed by atoms with Crippen molar-refractivity contribution in [1.82, 2.24) is 10.2 Å². The summed E-state index contributed by atoms with van der Waals surface area (Å²) in [5.74, 6) is 0.428. The zero-order valence-electron chi connectivity index (χ0n) is 19.5. The van der Waals surface area contributed by atoms with Crippen molar-refractivity contribution in [3.05, 3.63) is 23.8 Å². The van der Waals surface area contributed by atoms with E-state index in [9.17, 15) is 9.59 Å². The first kappa shape index (κ1) is 26.3. The average Bonchev–Trinajstić information content (AvgIpc) is 2.81. The number of nitrogens with zero attached hydrogens (tertiary/aromatic N) is 1. The molecule has 1 fully saturated rings. The van der Waals surface area contributed by atoms with Crippen molar-refractivity contribution in [1.29, 1.82) is 0 Å². The molecule has 1 aliphatic carbocycles. The Labute approximate surface area is 196 Å². The maximum Gasteiger partial charge on any atom is 0.247 e. The van der Waals surface area contributed by atoms with E-state index in [0.29, 0.717) is 49.8 Å².